The number of aromatic nitrogens is 3. The van der Waals surface area contributed by atoms with Gasteiger partial charge in [0.05, 0.1) is 20.2 Å². The van der Waals surface area contributed by atoms with Crippen molar-refractivity contribution < 1.29 is 42.2 Å². The largest absolute Gasteiger partial charge is 0.483 e. The van der Waals surface area contributed by atoms with Crippen LogP contribution in [0.1, 0.15) is 140 Å². The molecule has 0 unspecified atom stereocenters. The number of halogens is 3. The van der Waals surface area contributed by atoms with Crippen molar-refractivity contribution in [2.24, 2.45) is 0 Å². The summed E-state index contributed by atoms with van der Waals surface area (Å²) in [6.45, 7) is 8.21. The van der Waals surface area contributed by atoms with E-state index in [1.54, 1.807) is 11.0 Å². The number of allylic oxidation sites excluding steroid dienone is 3. The number of hydrogen-bond acceptors (Lipinski definition) is 10. The van der Waals surface area contributed by atoms with Crippen molar-refractivity contribution in [1.29, 1.82) is 0 Å². The Morgan fingerprint density at radius 3 is 1.45 bits per heavy atom. The van der Waals surface area contributed by atoms with Crippen LogP contribution in [0.5, 0.6) is 17.2 Å². The number of benzene rings is 4. The van der Waals surface area contributed by atoms with Crippen LogP contribution in [0, 0.1) is 15.2 Å². The van der Waals surface area contributed by atoms with Crippen LogP contribution in [0.2, 0.25) is 0 Å². The van der Waals surface area contributed by atoms with Gasteiger partial charge >= 0.3 is 0 Å². The number of pyridine rings is 3. The number of nitrogens with zero attached hydrogens (tertiary/aromatic N) is 6. The molecule has 0 fully saturated rings. The second-order valence-electron chi connectivity index (χ2n) is 26.1. The number of amides is 4. The Labute approximate surface area is 555 Å². The summed E-state index contributed by atoms with van der Waals surface area (Å²) in [6.07, 6.45) is 19.6. The predicted octanol–water partition coefficient (Wildman–Crippen LogP) is 10.4. The predicted molar refractivity (Wildman–Crippen MR) is 356 cm³/mol. The Hall–Kier alpha value is -9.18. The second-order valence-corrected chi connectivity index (χ2v) is 27.2. The van der Waals surface area contributed by atoms with E-state index in [1.807, 2.05) is 132 Å². The second kappa shape index (κ2) is 24.6. The van der Waals surface area contributed by atoms with Gasteiger partial charge < -0.3 is 47.9 Å². The van der Waals surface area contributed by atoms with Gasteiger partial charge in [-0.2, -0.15) is 0 Å². The fourth-order valence-electron chi connectivity index (χ4n) is 15.5. The lowest BCUT2D eigenvalue weighted by atomic mass is 9.90. The maximum atomic E-state index is 14.2. The highest BCUT2D eigenvalue weighted by atomic mass is 127. The van der Waals surface area contributed by atoms with Gasteiger partial charge in [0, 0.05) is 79.1 Å². The van der Waals surface area contributed by atoms with E-state index in [-0.39, 0.29) is 118 Å². The smallest absolute Gasteiger partial charge is 0.275 e. The summed E-state index contributed by atoms with van der Waals surface area (Å²) in [5, 5.41) is 2.62. The zero-order valence-corrected chi connectivity index (χ0v) is 54.5. The highest BCUT2D eigenvalue weighted by molar-refractivity contribution is 14.1. The molecule has 1 N–H and O–H groups in total. The molecule has 6 atom stereocenters. The highest BCUT2D eigenvalue weighted by Crippen LogP contribution is 2.49. The van der Waals surface area contributed by atoms with E-state index in [0.717, 1.165) is 78.7 Å². The third-order valence-corrected chi connectivity index (χ3v) is 21.4. The zero-order chi connectivity index (χ0) is 65.4. The molecular formula is C74H70F2IN7O10. The van der Waals surface area contributed by atoms with Gasteiger partial charge in [-0.1, -0.05) is 134 Å². The van der Waals surface area contributed by atoms with Crippen LogP contribution >= 0.6 is 22.6 Å². The molecule has 17 nitrogen and oxygen atoms in total. The van der Waals surface area contributed by atoms with Crippen molar-refractivity contribution in [1.82, 2.24) is 33.7 Å². The Morgan fingerprint density at radius 1 is 0.532 bits per heavy atom. The van der Waals surface area contributed by atoms with Crippen molar-refractivity contribution in [3.63, 3.8) is 0 Å². The number of carbonyl (C=O) groups excluding carboxylic acids is 4. The van der Waals surface area contributed by atoms with Crippen LogP contribution in [0.4, 0.5) is 8.78 Å². The summed E-state index contributed by atoms with van der Waals surface area (Å²) >= 11 is 2.13. The van der Waals surface area contributed by atoms with E-state index in [9.17, 15) is 42.3 Å². The summed E-state index contributed by atoms with van der Waals surface area (Å²) < 4.78 is 52.4. The Balaban J connectivity index is 0.000000125. The van der Waals surface area contributed by atoms with Crippen molar-refractivity contribution in [3.05, 3.63) is 260 Å². The van der Waals surface area contributed by atoms with Crippen molar-refractivity contribution >= 4 is 46.2 Å². The van der Waals surface area contributed by atoms with Crippen LogP contribution in [0.25, 0.3) is 0 Å². The first-order chi connectivity index (χ1) is 45.4. The maximum absolute atomic E-state index is 14.2. The zero-order valence-electron chi connectivity index (χ0n) is 52.4. The minimum Gasteiger partial charge on any atom is -0.483 e. The summed E-state index contributed by atoms with van der Waals surface area (Å²) in [5.74, 6) is -2.49. The van der Waals surface area contributed by atoms with Gasteiger partial charge in [0.1, 0.15) is 37.0 Å². The number of nitrogens with one attached hydrogen (secondary N) is 1. The van der Waals surface area contributed by atoms with E-state index < -0.39 is 28.5 Å². The minimum atomic E-state index is -0.794. The van der Waals surface area contributed by atoms with Crippen molar-refractivity contribution in [2.75, 3.05) is 19.6 Å². The van der Waals surface area contributed by atoms with Crippen LogP contribution in [0.15, 0.2) is 166 Å². The molecule has 9 aliphatic heterocycles. The van der Waals surface area contributed by atoms with Gasteiger partial charge in [-0.05, 0) is 124 Å². The normalized spacial score (nSPS) is 23.4. The van der Waals surface area contributed by atoms with E-state index in [0.29, 0.717) is 59.5 Å². The first-order valence-electron chi connectivity index (χ1n) is 32.1. The molecule has 482 valence electrons. The first kappa shape index (κ1) is 62.3. The lowest BCUT2D eigenvalue weighted by Gasteiger charge is -2.43. The summed E-state index contributed by atoms with van der Waals surface area (Å²) in [5.41, 5.74) is 4.35. The maximum Gasteiger partial charge on any atom is 0.275 e. The van der Waals surface area contributed by atoms with Gasteiger partial charge in [0.2, 0.25) is 16.3 Å². The van der Waals surface area contributed by atoms with Gasteiger partial charge in [-0.25, -0.2) is 8.78 Å². The molecule has 6 bridgehead atoms. The Morgan fingerprint density at radius 2 is 0.957 bits per heavy atom. The first-order valence-corrected chi connectivity index (χ1v) is 33.2. The molecule has 3 aromatic heterocycles. The average Bonchev–Trinajstić information content (AvgIpc) is 1.50. The number of carbonyl (C=O) groups is 4. The van der Waals surface area contributed by atoms with Crippen LogP contribution in [0.3, 0.4) is 0 Å². The molecule has 4 aromatic carbocycles. The monoisotopic (exact) mass is 1380 g/mol. The summed E-state index contributed by atoms with van der Waals surface area (Å²) in [6, 6.07) is 33.4. The SMILES string of the molecule is C[C@H]1C=CC[C@]23CCc4c(C(=O)NCc5ccc(F)cc5F)c(=O)c(OCc5ccccc5)c(n42)C(=O)N1C3.C[C@H]1C=CC[C@]23CCc4c(I)c(=O)c(OCc5ccccc5)c(n42)C(=O)N1C3.C[C@H]1C=CC[C@]23CCc4cc(=O)c(OCc5ccccc5)c(n42)C(=O)N1C3. The molecule has 20 heteroatoms. The Bertz CT molecular complexity index is 4550. The third-order valence-electron chi connectivity index (χ3n) is 20.3. The molecule has 9 aliphatic rings. The molecule has 16 rings (SSSR count). The molecule has 7 aromatic rings. The Kier molecular flexibility index (Phi) is 16.3. The van der Waals surface area contributed by atoms with Crippen molar-refractivity contribution in [2.45, 2.75) is 140 Å². The number of aryl methyl sites for hydroxylation is 1. The molecular weight excluding hydrogens is 1310 g/mol. The van der Waals surface area contributed by atoms with Crippen LogP contribution < -0.4 is 35.8 Å². The lowest BCUT2D eigenvalue weighted by molar-refractivity contribution is 0.0516. The van der Waals surface area contributed by atoms with Crippen molar-refractivity contribution in [3.8, 4) is 17.2 Å². The van der Waals surface area contributed by atoms with E-state index in [4.69, 9.17) is 14.2 Å². The fraction of sp³-hybridized carbons (Fsp3) is 0.338. The van der Waals surface area contributed by atoms with Gasteiger partial charge in [-0.3, -0.25) is 33.6 Å². The van der Waals surface area contributed by atoms with Gasteiger partial charge in [-0.15, -0.1) is 0 Å². The van der Waals surface area contributed by atoms with E-state index in [1.165, 1.54) is 6.07 Å². The average molecular weight is 1380 g/mol. The summed E-state index contributed by atoms with van der Waals surface area (Å²) in [7, 11) is 0. The summed E-state index contributed by atoms with van der Waals surface area (Å²) in [4.78, 5) is 99.6. The molecule has 12 heterocycles. The minimum absolute atomic E-state index is 0.0148. The fourth-order valence-corrected chi connectivity index (χ4v) is 16.3. The van der Waals surface area contributed by atoms with Crippen LogP contribution in [-0.2, 0) is 62.2 Å². The number of hydrogen-bond donors (Lipinski definition) is 1. The lowest BCUT2D eigenvalue weighted by Crippen LogP contribution is -2.55. The number of fused-ring (bicyclic) bond motifs is 3. The number of ether oxygens (including phenoxy) is 3. The van der Waals surface area contributed by atoms with Gasteiger partial charge in [0.25, 0.3) is 23.6 Å². The molecule has 0 saturated heterocycles. The highest BCUT2D eigenvalue weighted by Gasteiger charge is 2.54. The quantitative estimate of drug-likeness (QED) is 0.0912. The number of rotatable bonds is 12. The molecule has 94 heavy (non-hydrogen) atoms. The standard InChI is InChI=1S/C30H27F2N3O4.C22H21IN2O3.C22H22N2O3/c1-18-6-5-12-30-13-11-23-24(28(37)33-15-20-9-10-21(31)14-22(20)32)26(36)27(39-16-19-7-3-2-4-8-19)25(35(23)30)29(38)34(18)17-30;1-14-6-5-10-22-11-9-16-17(23)19(26)20(28-12-15-7-3-2-4-8-15)18(25(16)22)21(27)24(14)13-22;1-15-6-5-10-22-11-9-17-12-18(25)20(27-13-16-7-3-2-4-8-16)19(24(17)22)21(26)23(15)14-22/h2-10,14,18H,11-13,15-17H2,1H3,(H,33,37);2-8,14H,9-13H2,1H3;2-8,12,15H,9-11,13-14H2,1H3/t18-,30+;14-,22+;15-,22+/m000/s1. The van der Waals surface area contributed by atoms with Crippen LogP contribution in [-0.4, -0.2) is 89.8 Å². The molecule has 0 aliphatic carbocycles. The van der Waals surface area contributed by atoms with E-state index in [2.05, 4.69) is 67.4 Å². The van der Waals surface area contributed by atoms with Gasteiger partial charge in [0.15, 0.2) is 34.3 Å². The third kappa shape index (κ3) is 10.7. The molecule has 4 amide bonds. The molecule has 0 saturated carbocycles. The topological polar surface area (TPSA) is 184 Å². The molecule has 0 radical (unpaired) electrons. The molecule has 3 spiro atoms. The van der Waals surface area contributed by atoms with E-state index >= 15 is 0 Å².